The molecule has 0 amide bonds. The topological polar surface area (TPSA) is 74.1 Å². The van der Waals surface area contributed by atoms with Crippen LogP contribution in [0.2, 0.25) is 0 Å². The average molecular weight is 243 g/mol. The van der Waals surface area contributed by atoms with E-state index in [2.05, 4.69) is 14.3 Å². The van der Waals surface area contributed by atoms with E-state index >= 15 is 0 Å². The van der Waals surface area contributed by atoms with Gasteiger partial charge in [-0.05, 0) is 24.3 Å². The van der Waals surface area contributed by atoms with Crippen LogP contribution in [-0.2, 0) is 10.5 Å². The Labute approximate surface area is 90.7 Å². The zero-order valence-electron chi connectivity index (χ0n) is 7.82. The lowest BCUT2D eigenvalue weighted by molar-refractivity contribution is 0.440. The van der Waals surface area contributed by atoms with E-state index in [1.165, 1.54) is 41.6 Å². The maximum Gasteiger partial charge on any atom is 0.488 e. The van der Waals surface area contributed by atoms with Gasteiger partial charge in [-0.3, -0.25) is 0 Å². The highest BCUT2D eigenvalue weighted by molar-refractivity contribution is 7.81. The van der Waals surface area contributed by atoms with Crippen molar-refractivity contribution in [2.24, 2.45) is 0 Å². The molecule has 6 nitrogen and oxygen atoms in total. The summed E-state index contributed by atoms with van der Waals surface area (Å²) in [4.78, 5) is 3.75. The first-order valence-corrected chi connectivity index (χ1v) is 5.44. The number of benzene rings is 1. The van der Waals surface area contributed by atoms with Crippen molar-refractivity contribution in [2.45, 2.75) is 0 Å². The molecule has 0 spiro atoms. The third-order valence-electron chi connectivity index (χ3n) is 1.72. The molecule has 2 rings (SSSR count). The molecule has 2 aromatic rings. The van der Waals surface area contributed by atoms with Crippen LogP contribution in [0.5, 0.6) is 5.75 Å². The molecule has 0 radical (unpaired) electrons. The first kappa shape index (κ1) is 10.6. The Hall–Kier alpha value is -1.96. The van der Waals surface area contributed by atoms with Gasteiger partial charge >= 0.3 is 10.5 Å². The van der Waals surface area contributed by atoms with E-state index in [1.807, 2.05) is 0 Å². The van der Waals surface area contributed by atoms with Gasteiger partial charge in [0.05, 0.1) is 5.69 Å². The van der Waals surface area contributed by atoms with E-state index in [9.17, 15) is 12.3 Å². The molecule has 8 heteroatoms. The average Bonchev–Trinajstić information content (AvgIpc) is 2.69. The van der Waals surface area contributed by atoms with Crippen LogP contribution in [-0.4, -0.2) is 23.2 Å². The molecule has 0 aliphatic rings. The van der Waals surface area contributed by atoms with Crippen molar-refractivity contribution in [1.29, 1.82) is 0 Å². The zero-order chi connectivity index (χ0) is 11.6. The van der Waals surface area contributed by atoms with Crippen molar-refractivity contribution in [3.8, 4) is 11.4 Å². The molecule has 0 aliphatic carbocycles. The fraction of sp³-hybridized carbons (Fsp3) is 0. The van der Waals surface area contributed by atoms with E-state index in [0.29, 0.717) is 5.69 Å². The van der Waals surface area contributed by atoms with Gasteiger partial charge in [0.1, 0.15) is 18.4 Å². The van der Waals surface area contributed by atoms with E-state index < -0.39 is 10.5 Å². The molecule has 16 heavy (non-hydrogen) atoms. The van der Waals surface area contributed by atoms with Gasteiger partial charge in [0.25, 0.3) is 0 Å². The molecule has 0 atom stereocenters. The summed E-state index contributed by atoms with van der Waals surface area (Å²) in [6, 6.07) is 5.67. The van der Waals surface area contributed by atoms with Gasteiger partial charge in [0, 0.05) is 0 Å². The quantitative estimate of drug-likeness (QED) is 0.747. The summed E-state index contributed by atoms with van der Waals surface area (Å²) in [5, 5.41) is 3.86. The van der Waals surface area contributed by atoms with E-state index in [0.717, 1.165) is 0 Å². The summed E-state index contributed by atoms with van der Waals surface area (Å²) in [6.45, 7) is 0. The second-order valence-electron chi connectivity index (χ2n) is 2.81. The van der Waals surface area contributed by atoms with Gasteiger partial charge in [-0.1, -0.05) is 3.89 Å². The van der Waals surface area contributed by atoms with Crippen LogP contribution >= 0.6 is 0 Å². The van der Waals surface area contributed by atoms with E-state index in [-0.39, 0.29) is 5.75 Å². The summed E-state index contributed by atoms with van der Waals surface area (Å²) in [5.74, 6) is -0.105. The highest BCUT2D eigenvalue weighted by atomic mass is 32.3. The smallest absolute Gasteiger partial charge is 0.358 e. The van der Waals surface area contributed by atoms with Crippen molar-refractivity contribution in [2.75, 3.05) is 0 Å². The molecule has 1 aromatic carbocycles. The number of hydrogen-bond acceptors (Lipinski definition) is 5. The lowest BCUT2D eigenvalue weighted by Crippen LogP contribution is -2.01. The van der Waals surface area contributed by atoms with E-state index in [1.54, 1.807) is 0 Å². The molecule has 0 bridgehead atoms. The first-order valence-electron chi connectivity index (χ1n) is 4.14. The van der Waals surface area contributed by atoms with Crippen LogP contribution in [0.4, 0.5) is 3.89 Å². The summed E-state index contributed by atoms with van der Waals surface area (Å²) in [5.41, 5.74) is 0.654. The maximum absolute atomic E-state index is 12.2. The number of nitrogens with zero attached hydrogens (tertiary/aromatic N) is 3. The molecular weight excluding hydrogens is 237 g/mol. The SMILES string of the molecule is O=S(=O)(F)Oc1ccc(-n2cncn2)cc1. The van der Waals surface area contributed by atoms with Crippen LogP contribution in [0.15, 0.2) is 36.9 Å². The minimum atomic E-state index is -4.98. The fourth-order valence-corrected chi connectivity index (χ4v) is 1.45. The molecule has 1 aromatic heterocycles. The minimum Gasteiger partial charge on any atom is -0.358 e. The van der Waals surface area contributed by atoms with Crippen molar-refractivity contribution in [3.05, 3.63) is 36.9 Å². The number of rotatable bonds is 3. The second-order valence-corrected chi connectivity index (χ2v) is 3.76. The van der Waals surface area contributed by atoms with Gasteiger partial charge in [0.2, 0.25) is 0 Å². The lowest BCUT2D eigenvalue weighted by Gasteiger charge is -2.02. The summed E-state index contributed by atoms with van der Waals surface area (Å²) < 4.78 is 38.1. The molecule has 0 unspecified atom stereocenters. The first-order chi connectivity index (χ1) is 7.54. The highest BCUT2D eigenvalue weighted by Crippen LogP contribution is 2.16. The summed E-state index contributed by atoms with van der Waals surface area (Å²) in [6.07, 6.45) is 2.83. The Morgan fingerprint density at radius 2 is 1.94 bits per heavy atom. The van der Waals surface area contributed by atoms with Crippen molar-refractivity contribution in [1.82, 2.24) is 14.8 Å². The Balaban J connectivity index is 2.24. The lowest BCUT2D eigenvalue weighted by atomic mass is 10.3. The van der Waals surface area contributed by atoms with Crippen molar-refractivity contribution >= 4 is 10.5 Å². The molecular formula is C8H6FN3O3S. The van der Waals surface area contributed by atoms with E-state index in [4.69, 9.17) is 0 Å². The minimum absolute atomic E-state index is 0.105. The van der Waals surface area contributed by atoms with Crippen LogP contribution in [0.1, 0.15) is 0 Å². The molecule has 0 saturated heterocycles. The molecule has 0 saturated carbocycles. The molecule has 1 heterocycles. The third kappa shape index (κ3) is 2.54. The number of halogens is 1. The van der Waals surface area contributed by atoms with Crippen LogP contribution in [0, 0.1) is 0 Å². The zero-order valence-corrected chi connectivity index (χ0v) is 8.63. The summed E-state index contributed by atoms with van der Waals surface area (Å²) >= 11 is 0. The predicted molar refractivity (Wildman–Crippen MR) is 52.0 cm³/mol. The van der Waals surface area contributed by atoms with Gasteiger partial charge in [0.15, 0.2) is 0 Å². The second kappa shape index (κ2) is 3.89. The Morgan fingerprint density at radius 1 is 1.25 bits per heavy atom. The van der Waals surface area contributed by atoms with Gasteiger partial charge in [-0.15, -0.1) is 0 Å². The van der Waals surface area contributed by atoms with Gasteiger partial charge < -0.3 is 4.18 Å². The molecule has 0 fully saturated rings. The Bertz CT molecular complexity index is 565. The standard InChI is InChI=1S/C8H6FN3O3S/c9-16(13,14)15-8-3-1-7(2-4-8)12-6-10-5-11-12/h1-6H. The fourth-order valence-electron chi connectivity index (χ4n) is 1.11. The third-order valence-corrected chi connectivity index (χ3v) is 2.11. The Morgan fingerprint density at radius 3 is 2.44 bits per heavy atom. The summed E-state index contributed by atoms with van der Waals surface area (Å²) in [7, 11) is -4.98. The van der Waals surface area contributed by atoms with Gasteiger partial charge in [-0.2, -0.15) is 13.5 Å². The molecule has 84 valence electrons. The monoisotopic (exact) mass is 243 g/mol. The maximum atomic E-state index is 12.2. The predicted octanol–water partition coefficient (Wildman–Crippen LogP) is 0.860. The van der Waals surface area contributed by atoms with Crippen LogP contribution in [0.3, 0.4) is 0 Å². The van der Waals surface area contributed by atoms with Gasteiger partial charge in [-0.25, -0.2) is 9.67 Å². The Kier molecular flexibility index (Phi) is 2.57. The highest BCUT2D eigenvalue weighted by Gasteiger charge is 2.09. The largest absolute Gasteiger partial charge is 0.488 e. The number of aromatic nitrogens is 3. The van der Waals surface area contributed by atoms with Crippen LogP contribution < -0.4 is 4.18 Å². The number of hydrogen-bond donors (Lipinski definition) is 0. The molecule has 0 N–H and O–H groups in total. The molecule has 0 aliphatic heterocycles. The van der Waals surface area contributed by atoms with Crippen molar-refractivity contribution < 1.29 is 16.5 Å². The van der Waals surface area contributed by atoms with Crippen molar-refractivity contribution in [3.63, 3.8) is 0 Å². The van der Waals surface area contributed by atoms with Crippen LogP contribution in [0.25, 0.3) is 5.69 Å². The normalized spacial score (nSPS) is 11.3.